The van der Waals surface area contributed by atoms with Gasteiger partial charge in [-0.25, -0.2) is 10.9 Å². The fourth-order valence-corrected chi connectivity index (χ4v) is 2.59. The van der Waals surface area contributed by atoms with Gasteiger partial charge in [-0.1, -0.05) is 13.8 Å². The first-order chi connectivity index (χ1) is 10.5. The maximum Gasteiger partial charge on any atom is 0.123 e. The molecule has 132 valence electrons. The number of nitrogens with zero attached hydrogens (tertiary/aromatic N) is 1. The third-order valence-corrected chi connectivity index (χ3v) is 3.85. The maximum atomic E-state index is 3.62. The molecule has 6 heteroatoms. The Morgan fingerprint density at radius 3 is 2.41 bits per heavy atom. The van der Waals surface area contributed by atoms with E-state index in [0.29, 0.717) is 12.1 Å². The number of hydrogen-bond donors (Lipinski definition) is 5. The predicted octanol–water partition coefficient (Wildman–Crippen LogP) is 1.13. The van der Waals surface area contributed by atoms with E-state index in [9.17, 15) is 0 Å². The molecule has 1 rings (SSSR count). The van der Waals surface area contributed by atoms with E-state index >= 15 is 0 Å². The van der Waals surface area contributed by atoms with Crippen LogP contribution in [-0.4, -0.2) is 49.7 Å². The summed E-state index contributed by atoms with van der Waals surface area (Å²) in [6, 6.07) is 1.12. The molecule has 22 heavy (non-hydrogen) atoms. The fraction of sp³-hybridized carbons (Fsp3) is 1.00. The van der Waals surface area contributed by atoms with E-state index < -0.39 is 0 Å². The van der Waals surface area contributed by atoms with Gasteiger partial charge in [0.25, 0.3) is 0 Å². The molecule has 0 aromatic heterocycles. The Morgan fingerprint density at radius 1 is 1.18 bits per heavy atom. The van der Waals surface area contributed by atoms with Crippen LogP contribution in [-0.2, 0) is 0 Å². The topological polar surface area (TPSA) is 63.4 Å². The minimum atomic E-state index is -0.159. The Hall–Kier alpha value is -0.240. The smallest absolute Gasteiger partial charge is 0.123 e. The molecule has 5 N–H and O–H groups in total. The number of nitrogens with one attached hydrogen (secondary N) is 5. The average Bonchev–Trinajstić information content (AvgIpc) is 3.28. The Balaban J connectivity index is 2.42. The lowest BCUT2D eigenvalue weighted by Crippen LogP contribution is -2.65. The van der Waals surface area contributed by atoms with Crippen LogP contribution in [0.25, 0.3) is 0 Å². The summed E-state index contributed by atoms with van der Waals surface area (Å²) < 4.78 is 0. The van der Waals surface area contributed by atoms with Crippen molar-refractivity contribution in [3.63, 3.8) is 0 Å². The molecular weight excluding hydrogens is 276 g/mol. The van der Waals surface area contributed by atoms with Crippen molar-refractivity contribution in [3.8, 4) is 0 Å². The quantitative estimate of drug-likeness (QED) is 0.245. The molecule has 0 heterocycles. The molecule has 0 aromatic carbocycles. The van der Waals surface area contributed by atoms with E-state index in [1.807, 2.05) is 7.05 Å². The van der Waals surface area contributed by atoms with Crippen LogP contribution in [0.2, 0.25) is 0 Å². The SMILES string of the molecule is CCCNC(CCCN(NC(C)C)NC1CC1)(NC)NCC. The summed E-state index contributed by atoms with van der Waals surface area (Å²) in [5.41, 5.74) is 7.05. The molecule has 0 bridgehead atoms. The molecule has 1 aliphatic rings. The second kappa shape index (κ2) is 10.5. The monoisotopic (exact) mass is 314 g/mol. The second-order valence-electron chi connectivity index (χ2n) is 6.55. The highest BCUT2D eigenvalue weighted by Gasteiger charge is 2.27. The van der Waals surface area contributed by atoms with Crippen molar-refractivity contribution in [2.24, 2.45) is 0 Å². The van der Waals surface area contributed by atoms with Gasteiger partial charge in [0, 0.05) is 18.6 Å². The van der Waals surface area contributed by atoms with Gasteiger partial charge in [0.1, 0.15) is 5.79 Å². The van der Waals surface area contributed by atoms with Gasteiger partial charge in [-0.05, 0) is 66.1 Å². The van der Waals surface area contributed by atoms with Gasteiger partial charge in [-0.15, -0.1) is 0 Å². The largest absolute Gasteiger partial charge is 0.290 e. The van der Waals surface area contributed by atoms with E-state index in [2.05, 4.69) is 59.6 Å². The molecule has 1 aliphatic carbocycles. The van der Waals surface area contributed by atoms with Gasteiger partial charge in [0.2, 0.25) is 0 Å². The molecule has 1 saturated carbocycles. The highest BCUT2D eigenvalue weighted by Crippen LogP contribution is 2.19. The van der Waals surface area contributed by atoms with Crippen molar-refractivity contribution in [1.82, 2.24) is 31.9 Å². The standard InChI is InChI=1S/C16H38N6/c1-6-12-19-16(17-5,18-7-2)11-8-13-22(20-14(3)4)21-15-9-10-15/h14-15,17-21H,6-13H2,1-5H3. The Morgan fingerprint density at radius 2 is 1.91 bits per heavy atom. The summed E-state index contributed by atoms with van der Waals surface area (Å²) in [6.07, 6.45) is 5.88. The molecule has 0 radical (unpaired) electrons. The van der Waals surface area contributed by atoms with Crippen molar-refractivity contribution in [1.29, 1.82) is 0 Å². The summed E-state index contributed by atoms with van der Waals surface area (Å²) in [4.78, 5) is 0. The number of hydrazine groups is 2. The summed E-state index contributed by atoms with van der Waals surface area (Å²) in [7, 11) is 2.03. The van der Waals surface area contributed by atoms with Crippen molar-refractivity contribution in [3.05, 3.63) is 0 Å². The zero-order chi connectivity index (χ0) is 16.4. The summed E-state index contributed by atoms with van der Waals surface area (Å²) in [6.45, 7) is 11.7. The minimum Gasteiger partial charge on any atom is -0.290 e. The molecule has 0 saturated heterocycles. The van der Waals surface area contributed by atoms with Crippen LogP contribution in [0.3, 0.4) is 0 Å². The highest BCUT2D eigenvalue weighted by molar-refractivity contribution is 4.82. The normalized spacial score (nSPS) is 18.1. The number of hydrogen-bond acceptors (Lipinski definition) is 6. The number of rotatable bonds is 14. The summed E-state index contributed by atoms with van der Waals surface area (Å²) in [5.74, 6) is -0.159. The summed E-state index contributed by atoms with van der Waals surface area (Å²) >= 11 is 0. The zero-order valence-corrected chi connectivity index (χ0v) is 15.3. The van der Waals surface area contributed by atoms with Crippen LogP contribution in [0, 0.1) is 0 Å². The third kappa shape index (κ3) is 7.85. The van der Waals surface area contributed by atoms with Crippen molar-refractivity contribution >= 4 is 0 Å². The first-order valence-corrected chi connectivity index (χ1v) is 9.04. The highest BCUT2D eigenvalue weighted by atomic mass is 15.7. The van der Waals surface area contributed by atoms with Crippen LogP contribution >= 0.6 is 0 Å². The third-order valence-electron chi connectivity index (χ3n) is 3.85. The van der Waals surface area contributed by atoms with Gasteiger partial charge in [-0.2, -0.15) is 5.12 Å². The van der Waals surface area contributed by atoms with E-state index in [0.717, 1.165) is 38.9 Å². The van der Waals surface area contributed by atoms with Crippen molar-refractivity contribution in [2.45, 2.75) is 77.7 Å². The lowest BCUT2D eigenvalue weighted by molar-refractivity contribution is 0.0828. The minimum absolute atomic E-state index is 0.159. The van der Waals surface area contributed by atoms with Crippen LogP contribution in [0.1, 0.15) is 59.8 Å². The molecule has 1 atom stereocenters. The van der Waals surface area contributed by atoms with Crippen LogP contribution < -0.4 is 26.8 Å². The van der Waals surface area contributed by atoms with E-state index in [-0.39, 0.29) is 5.79 Å². The summed E-state index contributed by atoms with van der Waals surface area (Å²) in [5, 5.41) is 12.8. The molecule has 0 amide bonds. The van der Waals surface area contributed by atoms with Crippen LogP contribution in [0.5, 0.6) is 0 Å². The molecule has 0 aromatic rings. The van der Waals surface area contributed by atoms with Crippen molar-refractivity contribution < 1.29 is 0 Å². The van der Waals surface area contributed by atoms with Crippen LogP contribution in [0.15, 0.2) is 0 Å². The molecular formula is C16H38N6. The average molecular weight is 315 g/mol. The zero-order valence-electron chi connectivity index (χ0n) is 15.3. The molecule has 6 nitrogen and oxygen atoms in total. The Kier molecular flexibility index (Phi) is 9.47. The Labute approximate surface area is 137 Å². The first kappa shape index (κ1) is 19.8. The van der Waals surface area contributed by atoms with Gasteiger partial charge in [0.05, 0.1) is 0 Å². The maximum absolute atomic E-state index is 3.62. The van der Waals surface area contributed by atoms with Gasteiger partial charge in [0.15, 0.2) is 0 Å². The second-order valence-corrected chi connectivity index (χ2v) is 6.55. The molecule has 0 aliphatic heterocycles. The van der Waals surface area contributed by atoms with Crippen molar-refractivity contribution in [2.75, 3.05) is 26.7 Å². The van der Waals surface area contributed by atoms with Crippen LogP contribution in [0.4, 0.5) is 0 Å². The molecule has 0 spiro atoms. The van der Waals surface area contributed by atoms with E-state index in [4.69, 9.17) is 0 Å². The fourth-order valence-electron chi connectivity index (χ4n) is 2.59. The van der Waals surface area contributed by atoms with Gasteiger partial charge >= 0.3 is 0 Å². The molecule has 1 fully saturated rings. The Bertz CT molecular complexity index is 278. The van der Waals surface area contributed by atoms with Gasteiger partial charge < -0.3 is 0 Å². The lowest BCUT2D eigenvalue weighted by Gasteiger charge is -2.36. The van der Waals surface area contributed by atoms with Gasteiger partial charge in [-0.3, -0.25) is 16.0 Å². The predicted molar refractivity (Wildman–Crippen MR) is 94.1 cm³/mol. The first-order valence-electron chi connectivity index (χ1n) is 9.04. The lowest BCUT2D eigenvalue weighted by atomic mass is 10.1. The van der Waals surface area contributed by atoms with E-state index in [1.165, 1.54) is 12.8 Å². The molecule has 1 unspecified atom stereocenters. The van der Waals surface area contributed by atoms with E-state index in [1.54, 1.807) is 0 Å².